The van der Waals surface area contributed by atoms with Crippen LogP contribution in [0.2, 0.25) is 0 Å². The molecular weight excluding hydrogens is 252 g/mol. The molecule has 20 heavy (non-hydrogen) atoms. The molecule has 4 nitrogen and oxygen atoms in total. The van der Waals surface area contributed by atoms with Gasteiger partial charge in [0.2, 0.25) is 0 Å². The Bertz CT molecular complexity index is 307. The number of rotatable bonds is 2. The number of nitrogens with one attached hydrogen (secondary N) is 1. The summed E-state index contributed by atoms with van der Waals surface area (Å²) < 4.78 is 5.21. The molecule has 0 heterocycles. The Morgan fingerprint density at radius 2 is 1.75 bits per heavy atom. The minimum atomic E-state index is -0.442. The molecule has 1 aliphatic rings. The molecular formula is C16H30N2O2. The maximum atomic E-state index is 11.5. The Balaban J connectivity index is 0.00000110. The van der Waals surface area contributed by atoms with Crippen LogP contribution < -0.4 is 5.32 Å². The molecule has 0 aliphatic heterocycles. The number of hydrogen-bond donors (Lipinski definition) is 1. The van der Waals surface area contributed by atoms with Gasteiger partial charge in [-0.15, -0.1) is 0 Å². The first-order valence-corrected chi connectivity index (χ1v) is 7.68. The number of carbonyl (C=O) groups excluding carboxylic acids is 1. The number of ether oxygens (including phenoxy) is 1. The van der Waals surface area contributed by atoms with Gasteiger partial charge in [0.1, 0.15) is 5.60 Å². The summed E-state index contributed by atoms with van der Waals surface area (Å²) in [4.78, 5) is 11.5. The molecule has 116 valence electrons. The molecule has 0 radical (unpaired) electrons. The number of hydrogen-bond acceptors (Lipinski definition) is 3. The Kier molecular flexibility index (Phi) is 9.03. The fraction of sp³-hybridized carbons (Fsp3) is 0.875. The molecule has 1 saturated carbocycles. The van der Waals surface area contributed by atoms with E-state index in [0.29, 0.717) is 12.3 Å². The Morgan fingerprint density at radius 1 is 1.25 bits per heavy atom. The van der Waals surface area contributed by atoms with Crippen LogP contribution in [0.3, 0.4) is 0 Å². The van der Waals surface area contributed by atoms with Crippen molar-refractivity contribution in [2.45, 2.75) is 84.8 Å². The van der Waals surface area contributed by atoms with Crippen LogP contribution in [0.4, 0.5) is 4.79 Å². The molecule has 0 saturated heterocycles. The third-order valence-corrected chi connectivity index (χ3v) is 2.95. The van der Waals surface area contributed by atoms with Crippen LogP contribution in [-0.4, -0.2) is 17.7 Å². The molecule has 0 atom stereocenters. The van der Waals surface area contributed by atoms with Crippen molar-refractivity contribution >= 4 is 6.09 Å². The second-order valence-electron chi connectivity index (χ2n) is 6.43. The van der Waals surface area contributed by atoms with E-state index in [1.54, 1.807) is 0 Å². The summed E-state index contributed by atoms with van der Waals surface area (Å²) in [5.74, 6) is 0.511. The number of alkyl carbamates (subject to hydrolysis) is 1. The van der Waals surface area contributed by atoms with Gasteiger partial charge in [-0.2, -0.15) is 5.26 Å². The quantitative estimate of drug-likeness (QED) is 0.816. The van der Waals surface area contributed by atoms with Gasteiger partial charge in [-0.05, 0) is 52.4 Å². The van der Waals surface area contributed by atoms with E-state index in [9.17, 15) is 4.79 Å². The average molecular weight is 282 g/mol. The highest BCUT2D eigenvalue weighted by Crippen LogP contribution is 2.26. The van der Waals surface area contributed by atoms with Gasteiger partial charge in [0.15, 0.2) is 0 Å². The van der Waals surface area contributed by atoms with Crippen molar-refractivity contribution in [1.82, 2.24) is 5.32 Å². The molecule has 0 aromatic heterocycles. The zero-order chi connectivity index (χ0) is 15.6. The van der Waals surface area contributed by atoms with Crippen LogP contribution >= 0.6 is 0 Å². The second-order valence-corrected chi connectivity index (χ2v) is 6.43. The third-order valence-electron chi connectivity index (χ3n) is 2.95. The van der Waals surface area contributed by atoms with E-state index in [-0.39, 0.29) is 12.1 Å². The lowest BCUT2D eigenvalue weighted by Crippen LogP contribution is -2.40. The summed E-state index contributed by atoms with van der Waals surface area (Å²) in [7, 11) is 0. The van der Waals surface area contributed by atoms with Gasteiger partial charge in [-0.25, -0.2) is 4.79 Å². The Hall–Kier alpha value is -1.24. The molecule has 1 amide bonds. The van der Waals surface area contributed by atoms with Crippen LogP contribution in [0, 0.1) is 17.2 Å². The van der Waals surface area contributed by atoms with Gasteiger partial charge in [-0.1, -0.05) is 20.3 Å². The Labute approximate surface area is 123 Å². The Morgan fingerprint density at radius 3 is 2.15 bits per heavy atom. The highest BCUT2D eigenvalue weighted by molar-refractivity contribution is 5.68. The molecule has 0 aromatic rings. The van der Waals surface area contributed by atoms with Gasteiger partial charge >= 0.3 is 6.09 Å². The van der Waals surface area contributed by atoms with Crippen molar-refractivity contribution < 1.29 is 9.53 Å². The summed E-state index contributed by atoms with van der Waals surface area (Å²) >= 11 is 0. The van der Waals surface area contributed by atoms with Gasteiger partial charge < -0.3 is 10.1 Å². The summed E-state index contributed by atoms with van der Waals surface area (Å²) in [6.45, 7) is 9.82. The van der Waals surface area contributed by atoms with Gasteiger partial charge in [0.05, 0.1) is 6.07 Å². The maximum Gasteiger partial charge on any atom is 0.407 e. The van der Waals surface area contributed by atoms with Crippen molar-refractivity contribution in [3.05, 3.63) is 0 Å². The molecule has 0 bridgehead atoms. The van der Waals surface area contributed by atoms with Gasteiger partial charge in [0, 0.05) is 12.5 Å². The fourth-order valence-corrected chi connectivity index (χ4v) is 2.11. The van der Waals surface area contributed by atoms with Crippen LogP contribution in [0.5, 0.6) is 0 Å². The molecule has 0 aromatic carbocycles. The number of amides is 1. The van der Waals surface area contributed by atoms with E-state index in [4.69, 9.17) is 10.00 Å². The maximum absolute atomic E-state index is 11.5. The zero-order valence-electron chi connectivity index (χ0n) is 13.7. The number of nitriles is 1. The highest BCUT2D eigenvalue weighted by atomic mass is 16.6. The van der Waals surface area contributed by atoms with E-state index in [1.165, 1.54) is 6.42 Å². The first kappa shape index (κ1) is 18.8. The topological polar surface area (TPSA) is 62.1 Å². The predicted octanol–water partition coefficient (Wildman–Crippen LogP) is 4.40. The van der Waals surface area contributed by atoms with Gasteiger partial charge in [0.25, 0.3) is 0 Å². The van der Waals surface area contributed by atoms with E-state index in [2.05, 4.69) is 25.2 Å². The molecule has 1 rings (SSSR count). The lowest BCUT2D eigenvalue weighted by molar-refractivity contribution is 0.0487. The van der Waals surface area contributed by atoms with E-state index < -0.39 is 5.60 Å². The molecule has 0 spiro atoms. The minimum Gasteiger partial charge on any atom is -0.444 e. The zero-order valence-corrected chi connectivity index (χ0v) is 13.7. The van der Waals surface area contributed by atoms with Crippen LogP contribution in [0.25, 0.3) is 0 Å². The molecule has 1 aliphatic carbocycles. The van der Waals surface area contributed by atoms with E-state index in [0.717, 1.165) is 25.7 Å². The number of carbonyl (C=O) groups is 1. The van der Waals surface area contributed by atoms with Crippen molar-refractivity contribution in [2.24, 2.45) is 5.92 Å². The largest absolute Gasteiger partial charge is 0.444 e. The molecule has 1 fully saturated rings. The van der Waals surface area contributed by atoms with Crippen LogP contribution in [-0.2, 0) is 4.74 Å². The average Bonchev–Trinajstić information content (AvgIpc) is 2.30. The van der Waals surface area contributed by atoms with Crippen LogP contribution in [0.15, 0.2) is 0 Å². The smallest absolute Gasteiger partial charge is 0.407 e. The lowest BCUT2D eigenvalue weighted by Gasteiger charge is -2.29. The van der Waals surface area contributed by atoms with Crippen LogP contribution in [0.1, 0.15) is 73.1 Å². The van der Waals surface area contributed by atoms with Crippen molar-refractivity contribution in [3.8, 4) is 6.07 Å². The SMILES string of the molecule is CC(C)(C)OC(=O)NC1CCC(CC#N)CC1.CCC. The highest BCUT2D eigenvalue weighted by Gasteiger charge is 2.24. The first-order valence-electron chi connectivity index (χ1n) is 7.68. The minimum absolute atomic E-state index is 0.208. The lowest BCUT2D eigenvalue weighted by atomic mass is 9.84. The standard InChI is InChI=1S/C13H22N2O2.C3H8/c1-13(2,3)17-12(16)15-11-6-4-10(5-7-11)8-9-14;1-3-2/h10-11H,4-8H2,1-3H3,(H,15,16);3H2,1-2H3. The normalized spacial score (nSPS) is 22.0. The summed E-state index contributed by atoms with van der Waals surface area (Å²) in [5.41, 5.74) is -0.442. The van der Waals surface area contributed by atoms with E-state index in [1.807, 2.05) is 20.8 Å². The summed E-state index contributed by atoms with van der Waals surface area (Å²) in [5, 5.41) is 11.5. The fourth-order valence-electron chi connectivity index (χ4n) is 2.11. The van der Waals surface area contributed by atoms with E-state index >= 15 is 0 Å². The van der Waals surface area contributed by atoms with Gasteiger partial charge in [-0.3, -0.25) is 0 Å². The molecule has 4 heteroatoms. The summed E-state index contributed by atoms with van der Waals surface area (Å²) in [6.07, 6.45) is 5.50. The monoisotopic (exact) mass is 282 g/mol. The molecule has 1 N–H and O–H groups in total. The van der Waals surface area contributed by atoms with Crippen molar-refractivity contribution in [2.75, 3.05) is 0 Å². The van der Waals surface area contributed by atoms with Crippen molar-refractivity contribution in [3.63, 3.8) is 0 Å². The van der Waals surface area contributed by atoms with Crippen molar-refractivity contribution in [1.29, 1.82) is 5.26 Å². The molecule has 0 unspecified atom stereocenters. The first-order chi connectivity index (χ1) is 9.32. The third kappa shape index (κ3) is 9.66. The summed E-state index contributed by atoms with van der Waals surface area (Å²) in [6, 6.07) is 2.42. The predicted molar refractivity (Wildman–Crippen MR) is 81.3 cm³/mol. The second kappa shape index (κ2) is 9.63. The number of nitrogens with zero attached hydrogens (tertiary/aromatic N) is 1.